The van der Waals surface area contributed by atoms with E-state index in [2.05, 4.69) is 23.6 Å². The Hall–Kier alpha value is -5.28. The van der Waals surface area contributed by atoms with E-state index in [-0.39, 0.29) is 28.6 Å². The van der Waals surface area contributed by atoms with Crippen molar-refractivity contribution in [3.8, 4) is 0 Å². The Bertz CT molecular complexity index is 1710. The molecule has 1 aliphatic carbocycles. The predicted molar refractivity (Wildman–Crippen MR) is 208 cm³/mol. The first-order valence-electron chi connectivity index (χ1n) is 19.3. The Morgan fingerprint density at radius 2 is 1.26 bits per heavy atom. The lowest BCUT2D eigenvalue weighted by Gasteiger charge is -2.38. The maximum absolute atomic E-state index is 13.0. The number of alkyl halides is 3. The van der Waals surface area contributed by atoms with Gasteiger partial charge in [0.05, 0.1) is 16.7 Å². The van der Waals surface area contributed by atoms with Crippen molar-refractivity contribution in [1.29, 1.82) is 0 Å². The Morgan fingerprint density at radius 3 is 1.71 bits per heavy atom. The number of hydrogen-bond acceptors (Lipinski definition) is 8. The van der Waals surface area contributed by atoms with E-state index in [4.69, 9.17) is 9.47 Å². The van der Waals surface area contributed by atoms with Gasteiger partial charge >= 0.3 is 30.1 Å². The number of piperidine rings is 1. The molecule has 2 fully saturated rings. The van der Waals surface area contributed by atoms with Gasteiger partial charge < -0.3 is 35.0 Å². The van der Waals surface area contributed by atoms with Crippen molar-refractivity contribution in [2.24, 2.45) is 11.8 Å². The average Bonchev–Trinajstić information content (AvgIpc) is 3.21. The van der Waals surface area contributed by atoms with Crippen LogP contribution >= 0.6 is 0 Å². The number of aliphatic carboxylic acids is 2. The van der Waals surface area contributed by atoms with Gasteiger partial charge in [-0.2, -0.15) is 13.2 Å². The topological polar surface area (TPSA) is 182 Å². The maximum atomic E-state index is 13.0. The highest BCUT2D eigenvalue weighted by Crippen LogP contribution is 2.31. The van der Waals surface area contributed by atoms with E-state index in [0.29, 0.717) is 18.2 Å². The van der Waals surface area contributed by atoms with Gasteiger partial charge in [-0.25, -0.2) is 19.2 Å². The third-order valence-corrected chi connectivity index (χ3v) is 10.4. The summed E-state index contributed by atoms with van der Waals surface area (Å²) in [6, 6.07) is 20.7. The van der Waals surface area contributed by atoms with E-state index in [0.717, 1.165) is 63.5 Å². The Labute approximate surface area is 336 Å². The molecule has 3 aromatic carbocycles. The van der Waals surface area contributed by atoms with E-state index in [9.17, 15) is 47.4 Å². The van der Waals surface area contributed by atoms with Crippen LogP contribution in [-0.2, 0) is 36.5 Å². The molecule has 12 nitrogen and oxygen atoms in total. The average molecular weight is 815 g/mol. The van der Waals surface area contributed by atoms with Gasteiger partial charge in [0.2, 0.25) is 18.1 Å². The first kappa shape index (κ1) is 47.1. The van der Waals surface area contributed by atoms with Crippen LogP contribution in [0.4, 0.5) is 13.2 Å². The Kier molecular flexibility index (Phi) is 18.4. The summed E-state index contributed by atoms with van der Waals surface area (Å²) in [5.74, 6) is -4.49. The van der Waals surface area contributed by atoms with Crippen LogP contribution in [0.5, 0.6) is 0 Å². The molecule has 15 heteroatoms. The number of carboxylic acids is 2. The quantitative estimate of drug-likeness (QED) is 0.169. The molecular weight excluding hydrogens is 761 g/mol. The summed E-state index contributed by atoms with van der Waals surface area (Å²) < 4.78 is 48.5. The van der Waals surface area contributed by atoms with E-state index in [1.807, 2.05) is 0 Å². The fourth-order valence-corrected chi connectivity index (χ4v) is 7.24. The molecule has 316 valence electrons. The molecule has 1 saturated carbocycles. The number of esters is 2. The van der Waals surface area contributed by atoms with E-state index >= 15 is 0 Å². The highest BCUT2D eigenvalue weighted by Gasteiger charge is 2.41. The number of carboxylic acid groups (broad SMARTS) is 2. The molecule has 1 unspecified atom stereocenters. The third kappa shape index (κ3) is 14.0. The zero-order chi connectivity index (χ0) is 41.5. The van der Waals surface area contributed by atoms with Crippen LogP contribution < -0.4 is 0 Å². The molecule has 0 bridgehead atoms. The highest BCUT2D eigenvalue weighted by molar-refractivity contribution is 5.95. The third-order valence-electron chi connectivity index (χ3n) is 10.4. The van der Waals surface area contributed by atoms with Gasteiger partial charge in [-0.1, -0.05) is 80.8 Å². The number of likely N-dealkylation sites (N-methyl/N-ethyl adjacent to an activating group) is 1. The van der Waals surface area contributed by atoms with Crippen molar-refractivity contribution >= 4 is 29.8 Å². The molecule has 1 saturated heterocycles. The minimum atomic E-state index is -4.30. The van der Waals surface area contributed by atoms with Crippen LogP contribution in [0.1, 0.15) is 90.6 Å². The van der Waals surface area contributed by atoms with Crippen molar-refractivity contribution in [3.63, 3.8) is 0 Å². The lowest BCUT2D eigenvalue weighted by Crippen LogP contribution is -2.45. The van der Waals surface area contributed by atoms with Crippen molar-refractivity contribution in [2.45, 2.75) is 89.6 Å². The molecule has 0 spiro atoms. The molecule has 1 aliphatic heterocycles. The number of amides is 1. The van der Waals surface area contributed by atoms with Crippen LogP contribution in [0.3, 0.4) is 0 Å². The highest BCUT2D eigenvalue weighted by atomic mass is 19.4. The van der Waals surface area contributed by atoms with Gasteiger partial charge in [0.1, 0.15) is 0 Å². The lowest BCUT2D eigenvalue weighted by molar-refractivity contribution is -0.166. The molecule has 1 heterocycles. The maximum Gasteiger partial charge on any atom is 0.416 e. The fraction of sp³-hybridized carbons (Fsp3) is 0.465. The number of carbonyl (C=O) groups is 5. The molecule has 0 aromatic heterocycles. The number of benzene rings is 3. The van der Waals surface area contributed by atoms with Gasteiger partial charge in [-0.15, -0.1) is 0 Å². The number of nitrogens with zero attached hydrogens (tertiary/aromatic N) is 2. The summed E-state index contributed by atoms with van der Waals surface area (Å²) in [6.07, 6.45) is -0.354. The van der Waals surface area contributed by atoms with Crippen LogP contribution in [0, 0.1) is 11.8 Å². The predicted octanol–water partition coefficient (Wildman–Crippen LogP) is 6.56. The summed E-state index contributed by atoms with van der Waals surface area (Å²) in [5, 5.41) is 18.5. The summed E-state index contributed by atoms with van der Waals surface area (Å²) in [7, 11) is 0. The molecule has 5 rings (SSSR count). The SMILES string of the molecule is CCN(CC1CCN(C(=O)C2CCCCC2)CC1)C(C)Cc1cccc(C(F)(F)F)c1.O.O=C(O[C@@H](C(=O)O)[C@@H](OC(=O)c1ccccc1)C(=O)O)c1ccccc1. The van der Waals surface area contributed by atoms with Crippen molar-refractivity contribution in [2.75, 3.05) is 26.2 Å². The first-order valence-corrected chi connectivity index (χ1v) is 19.3. The lowest BCUT2D eigenvalue weighted by atomic mass is 9.87. The molecule has 58 heavy (non-hydrogen) atoms. The fourth-order valence-electron chi connectivity index (χ4n) is 7.24. The first-order chi connectivity index (χ1) is 27.2. The molecule has 3 aromatic rings. The number of carbonyl (C=O) groups excluding carboxylic acids is 3. The minimum absolute atomic E-state index is 0. The number of ether oxygens (including phenoxy) is 2. The standard InChI is InChI=1S/C25H37F3N2O.C18H14O8.H2O/c1-3-29(19(2)16-21-8-7-11-23(17-21)25(26,27)28)18-20-12-14-30(15-13-20)24(31)22-9-5-4-6-10-22;19-15(20)13(25-17(23)11-7-3-1-4-8-11)14(16(21)22)26-18(24)12-9-5-2-6-10-12;/h7-8,11,17,19-20,22H,3-6,9-10,12-16,18H2,1-2H3;1-10,13-14H,(H,19,20)(H,21,22);1H2/t;13-,14-;/m.1./s1. The van der Waals surface area contributed by atoms with Gasteiger partial charge in [-0.3, -0.25) is 4.79 Å². The van der Waals surface area contributed by atoms with E-state index < -0.39 is 47.8 Å². The second kappa shape index (κ2) is 22.6. The Balaban J connectivity index is 0.000000310. The van der Waals surface area contributed by atoms with Gasteiger partial charge in [0.25, 0.3) is 0 Å². The van der Waals surface area contributed by atoms with Crippen LogP contribution in [0.2, 0.25) is 0 Å². The second-order valence-electron chi connectivity index (χ2n) is 14.5. The van der Waals surface area contributed by atoms with Gasteiger partial charge in [-0.05, 0) is 87.4 Å². The molecule has 3 atom stereocenters. The minimum Gasteiger partial charge on any atom is -0.478 e. The molecular formula is C43H53F3N2O10. The largest absolute Gasteiger partial charge is 0.478 e. The van der Waals surface area contributed by atoms with Crippen LogP contribution in [-0.4, -0.2) is 99.7 Å². The van der Waals surface area contributed by atoms with E-state index in [1.54, 1.807) is 18.2 Å². The van der Waals surface area contributed by atoms with Crippen molar-refractivity contribution < 1.29 is 62.3 Å². The molecule has 1 amide bonds. The normalized spacial score (nSPS) is 16.4. The van der Waals surface area contributed by atoms with Gasteiger partial charge in [0, 0.05) is 31.6 Å². The Morgan fingerprint density at radius 1 is 0.759 bits per heavy atom. The molecule has 4 N–H and O–H groups in total. The van der Waals surface area contributed by atoms with Gasteiger partial charge in [0.15, 0.2) is 0 Å². The molecule has 0 radical (unpaired) electrons. The zero-order valence-corrected chi connectivity index (χ0v) is 32.7. The number of hydrogen-bond donors (Lipinski definition) is 2. The van der Waals surface area contributed by atoms with Crippen molar-refractivity contribution in [3.05, 3.63) is 107 Å². The van der Waals surface area contributed by atoms with Crippen molar-refractivity contribution in [1.82, 2.24) is 9.80 Å². The summed E-state index contributed by atoms with van der Waals surface area (Å²) in [5.41, 5.74) is 0.207. The van der Waals surface area contributed by atoms with E-state index in [1.165, 1.54) is 79.9 Å². The monoisotopic (exact) mass is 814 g/mol. The summed E-state index contributed by atoms with van der Waals surface area (Å²) in [6.45, 7) is 7.73. The number of likely N-dealkylation sites (tertiary alicyclic amines) is 1. The number of rotatable bonds is 14. The van der Waals surface area contributed by atoms with Crippen LogP contribution in [0.25, 0.3) is 0 Å². The van der Waals surface area contributed by atoms with Crippen LogP contribution in [0.15, 0.2) is 84.9 Å². The number of halogens is 3. The summed E-state index contributed by atoms with van der Waals surface area (Å²) in [4.78, 5) is 64.1. The smallest absolute Gasteiger partial charge is 0.416 e. The molecule has 2 aliphatic rings. The summed E-state index contributed by atoms with van der Waals surface area (Å²) >= 11 is 0. The zero-order valence-electron chi connectivity index (χ0n) is 32.7. The second-order valence-corrected chi connectivity index (χ2v) is 14.5.